The molecule has 0 aliphatic carbocycles. The molecule has 0 bridgehead atoms. The normalized spacial score (nSPS) is 13.4. The van der Waals surface area contributed by atoms with Crippen LogP contribution in [0.1, 0.15) is 71.9 Å². The molecule has 1 aliphatic rings. The lowest BCUT2D eigenvalue weighted by Gasteiger charge is -2.35. The average molecular weight is 414 g/mol. The SMILES string of the molecule is CCCC(C)(C)c1ccc2c(c1)Oc1cc(C(C)(C)CC)ccc1N2c1ccccc1. The Morgan fingerprint density at radius 3 is 1.77 bits per heavy atom. The molecule has 0 saturated carbocycles. The molecule has 31 heavy (non-hydrogen) atoms. The molecule has 0 N–H and O–H groups in total. The van der Waals surface area contributed by atoms with Gasteiger partial charge in [-0.2, -0.15) is 0 Å². The van der Waals surface area contributed by atoms with E-state index in [4.69, 9.17) is 4.74 Å². The first-order valence-corrected chi connectivity index (χ1v) is 11.6. The summed E-state index contributed by atoms with van der Waals surface area (Å²) >= 11 is 0. The van der Waals surface area contributed by atoms with Gasteiger partial charge in [-0.05, 0) is 71.2 Å². The minimum atomic E-state index is 0.112. The highest BCUT2D eigenvalue weighted by molar-refractivity contribution is 5.86. The third-order valence-electron chi connectivity index (χ3n) is 6.96. The second-order valence-corrected chi connectivity index (χ2v) is 10.0. The second kappa shape index (κ2) is 8.07. The monoisotopic (exact) mass is 413 g/mol. The fraction of sp³-hybridized carbons (Fsp3) is 0.379. The maximum atomic E-state index is 6.58. The van der Waals surface area contributed by atoms with E-state index in [2.05, 4.69) is 113 Å². The Hall–Kier alpha value is -2.74. The van der Waals surface area contributed by atoms with E-state index in [-0.39, 0.29) is 10.8 Å². The summed E-state index contributed by atoms with van der Waals surface area (Å²) in [6, 6.07) is 24.0. The molecule has 0 amide bonds. The number of hydrogen-bond donors (Lipinski definition) is 0. The Balaban J connectivity index is 1.87. The predicted octanol–water partition coefficient (Wildman–Crippen LogP) is 9.03. The Morgan fingerprint density at radius 2 is 1.26 bits per heavy atom. The van der Waals surface area contributed by atoms with Gasteiger partial charge in [-0.25, -0.2) is 0 Å². The number of benzene rings is 3. The quantitative estimate of drug-likeness (QED) is 0.312. The summed E-state index contributed by atoms with van der Waals surface area (Å²) in [5.74, 6) is 1.87. The number of anilines is 3. The Kier molecular flexibility index (Phi) is 5.60. The molecule has 0 aromatic heterocycles. The predicted molar refractivity (Wildman–Crippen MR) is 132 cm³/mol. The van der Waals surface area contributed by atoms with Gasteiger partial charge in [-0.3, -0.25) is 0 Å². The number of rotatable bonds is 6. The molecule has 0 fully saturated rings. The van der Waals surface area contributed by atoms with Crippen LogP contribution in [0, 0.1) is 0 Å². The highest BCUT2D eigenvalue weighted by Gasteiger charge is 2.30. The van der Waals surface area contributed by atoms with Crippen molar-refractivity contribution in [3.63, 3.8) is 0 Å². The first-order chi connectivity index (χ1) is 14.8. The first-order valence-electron chi connectivity index (χ1n) is 11.6. The van der Waals surface area contributed by atoms with Gasteiger partial charge in [0.25, 0.3) is 0 Å². The van der Waals surface area contributed by atoms with Crippen LogP contribution in [-0.4, -0.2) is 0 Å². The van der Waals surface area contributed by atoms with Gasteiger partial charge in [-0.1, -0.05) is 78.3 Å². The lowest BCUT2D eigenvalue weighted by atomic mass is 9.80. The van der Waals surface area contributed by atoms with E-state index in [1.165, 1.54) is 17.5 Å². The number of para-hydroxylation sites is 1. The fourth-order valence-corrected chi connectivity index (χ4v) is 4.48. The van der Waals surface area contributed by atoms with Crippen LogP contribution in [0.3, 0.4) is 0 Å². The van der Waals surface area contributed by atoms with Crippen molar-refractivity contribution in [1.82, 2.24) is 0 Å². The fourth-order valence-electron chi connectivity index (χ4n) is 4.48. The van der Waals surface area contributed by atoms with Crippen LogP contribution in [0.2, 0.25) is 0 Å². The van der Waals surface area contributed by atoms with Gasteiger partial charge < -0.3 is 9.64 Å². The van der Waals surface area contributed by atoms with Gasteiger partial charge in [0.1, 0.15) is 0 Å². The molecule has 3 aromatic rings. The van der Waals surface area contributed by atoms with Crippen LogP contribution >= 0.6 is 0 Å². The van der Waals surface area contributed by atoms with Crippen molar-refractivity contribution >= 4 is 17.1 Å². The number of fused-ring (bicyclic) bond motifs is 2. The highest BCUT2D eigenvalue weighted by atomic mass is 16.5. The molecule has 4 rings (SSSR count). The zero-order valence-electron chi connectivity index (χ0n) is 19.8. The van der Waals surface area contributed by atoms with Gasteiger partial charge in [0.05, 0.1) is 11.4 Å². The van der Waals surface area contributed by atoms with Gasteiger partial charge >= 0.3 is 0 Å². The van der Waals surface area contributed by atoms with Crippen molar-refractivity contribution in [2.24, 2.45) is 0 Å². The average Bonchev–Trinajstić information content (AvgIpc) is 2.77. The largest absolute Gasteiger partial charge is 0.453 e. The minimum Gasteiger partial charge on any atom is -0.453 e. The maximum Gasteiger partial charge on any atom is 0.151 e. The number of nitrogens with zero attached hydrogens (tertiary/aromatic N) is 1. The second-order valence-electron chi connectivity index (χ2n) is 10.0. The molecule has 0 spiro atoms. The third-order valence-corrected chi connectivity index (χ3v) is 6.96. The zero-order valence-corrected chi connectivity index (χ0v) is 19.8. The summed E-state index contributed by atoms with van der Waals surface area (Å²) < 4.78 is 6.58. The highest BCUT2D eigenvalue weighted by Crippen LogP contribution is 2.52. The lowest BCUT2D eigenvalue weighted by molar-refractivity contribution is 0.452. The zero-order chi connectivity index (χ0) is 22.2. The first kappa shape index (κ1) is 21.5. The molecule has 162 valence electrons. The standard InChI is InChI=1S/C29H35NO/c1-7-18-29(5,6)22-15-17-25-27(20-22)31-26-19-21(28(3,4)8-2)14-16-24(26)30(25)23-12-10-9-11-13-23/h9-17,19-20H,7-8,18H2,1-6H3. The molecule has 0 unspecified atom stereocenters. The smallest absolute Gasteiger partial charge is 0.151 e. The van der Waals surface area contributed by atoms with E-state index in [1.807, 2.05) is 0 Å². The van der Waals surface area contributed by atoms with Crippen molar-refractivity contribution in [2.75, 3.05) is 4.90 Å². The van der Waals surface area contributed by atoms with E-state index in [9.17, 15) is 0 Å². The van der Waals surface area contributed by atoms with Crippen LogP contribution in [0.15, 0.2) is 66.7 Å². The molecular weight excluding hydrogens is 378 g/mol. The van der Waals surface area contributed by atoms with Crippen molar-refractivity contribution in [3.05, 3.63) is 77.9 Å². The van der Waals surface area contributed by atoms with E-state index in [0.29, 0.717) is 0 Å². The van der Waals surface area contributed by atoms with Crippen LogP contribution in [-0.2, 0) is 10.8 Å². The van der Waals surface area contributed by atoms with E-state index < -0.39 is 0 Å². The third kappa shape index (κ3) is 3.96. The molecule has 3 aromatic carbocycles. The van der Waals surface area contributed by atoms with Crippen molar-refractivity contribution in [3.8, 4) is 11.5 Å². The van der Waals surface area contributed by atoms with Gasteiger partial charge in [0, 0.05) is 5.69 Å². The topological polar surface area (TPSA) is 12.5 Å². The van der Waals surface area contributed by atoms with E-state index in [0.717, 1.165) is 41.4 Å². The molecular formula is C29H35NO. The van der Waals surface area contributed by atoms with Crippen LogP contribution in [0.4, 0.5) is 17.1 Å². The lowest BCUT2D eigenvalue weighted by Crippen LogP contribution is -2.20. The summed E-state index contributed by atoms with van der Waals surface area (Å²) in [7, 11) is 0. The van der Waals surface area contributed by atoms with Crippen LogP contribution < -0.4 is 9.64 Å². The molecule has 0 atom stereocenters. The van der Waals surface area contributed by atoms with Gasteiger partial charge in [0.2, 0.25) is 0 Å². The number of hydrogen-bond acceptors (Lipinski definition) is 2. The molecule has 1 heterocycles. The molecule has 0 saturated heterocycles. The molecule has 1 aliphatic heterocycles. The Bertz CT molecular complexity index is 1070. The van der Waals surface area contributed by atoms with Gasteiger partial charge in [-0.15, -0.1) is 0 Å². The summed E-state index contributed by atoms with van der Waals surface area (Å²) in [5.41, 5.74) is 6.21. The van der Waals surface area contributed by atoms with Crippen LogP contribution in [0.25, 0.3) is 0 Å². The Morgan fingerprint density at radius 1 is 0.710 bits per heavy atom. The summed E-state index contributed by atoms with van der Waals surface area (Å²) in [4.78, 5) is 2.33. The molecule has 2 nitrogen and oxygen atoms in total. The number of ether oxygens (including phenoxy) is 1. The minimum absolute atomic E-state index is 0.112. The maximum absolute atomic E-state index is 6.58. The summed E-state index contributed by atoms with van der Waals surface area (Å²) in [6.45, 7) is 13.7. The molecule has 2 heteroatoms. The summed E-state index contributed by atoms with van der Waals surface area (Å²) in [5, 5.41) is 0. The summed E-state index contributed by atoms with van der Waals surface area (Å²) in [6.07, 6.45) is 3.40. The van der Waals surface area contributed by atoms with E-state index in [1.54, 1.807) is 0 Å². The van der Waals surface area contributed by atoms with Crippen molar-refractivity contribution in [1.29, 1.82) is 0 Å². The van der Waals surface area contributed by atoms with Crippen LogP contribution in [0.5, 0.6) is 11.5 Å². The van der Waals surface area contributed by atoms with Crippen molar-refractivity contribution in [2.45, 2.75) is 71.6 Å². The Labute approximate surface area is 187 Å². The van der Waals surface area contributed by atoms with Crippen molar-refractivity contribution < 1.29 is 4.74 Å². The van der Waals surface area contributed by atoms with Gasteiger partial charge in [0.15, 0.2) is 11.5 Å². The van der Waals surface area contributed by atoms with E-state index >= 15 is 0 Å². The molecule has 0 radical (unpaired) electrons.